The van der Waals surface area contributed by atoms with Gasteiger partial charge in [0, 0.05) is 48.5 Å². The number of thiophene rings is 1. The van der Waals surface area contributed by atoms with Crippen molar-refractivity contribution in [2.75, 3.05) is 0 Å². The van der Waals surface area contributed by atoms with Crippen LogP contribution < -0.4 is 5.73 Å². The predicted octanol–water partition coefficient (Wildman–Crippen LogP) is 3.59. The zero-order valence-corrected chi connectivity index (χ0v) is 16.4. The molecule has 0 saturated carbocycles. The molecule has 2 aromatic heterocycles. The van der Waals surface area contributed by atoms with Crippen LogP contribution in [0.2, 0.25) is 0 Å². The smallest absolute Gasteiger partial charge is 0.205 e. The lowest BCUT2D eigenvalue weighted by Crippen LogP contribution is -2.27. The normalized spacial score (nSPS) is 19.7. The van der Waals surface area contributed by atoms with E-state index >= 15 is 0 Å². The highest BCUT2D eigenvalue weighted by Crippen LogP contribution is 2.45. The van der Waals surface area contributed by atoms with Crippen LogP contribution in [0.3, 0.4) is 0 Å². The Morgan fingerprint density at radius 3 is 3.11 bits per heavy atom. The van der Waals surface area contributed by atoms with Crippen molar-refractivity contribution in [3.05, 3.63) is 57.1 Å². The Balaban J connectivity index is 1.64. The van der Waals surface area contributed by atoms with Gasteiger partial charge in [0.1, 0.15) is 17.4 Å². The van der Waals surface area contributed by atoms with E-state index in [1.807, 2.05) is 17.8 Å². The van der Waals surface area contributed by atoms with Crippen molar-refractivity contribution in [2.45, 2.75) is 36.1 Å². The van der Waals surface area contributed by atoms with Gasteiger partial charge in [-0.05, 0) is 23.4 Å². The van der Waals surface area contributed by atoms with Crippen LogP contribution in [0, 0.1) is 11.3 Å². The average Bonchev–Trinajstić information content (AvgIpc) is 3.28. The van der Waals surface area contributed by atoms with Gasteiger partial charge >= 0.3 is 0 Å². The molecule has 1 atom stereocenters. The summed E-state index contributed by atoms with van der Waals surface area (Å²) in [4.78, 5) is 17.9. The van der Waals surface area contributed by atoms with E-state index in [4.69, 9.17) is 10.5 Å². The van der Waals surface area contributed by atoms with Gasteiger partial charge in [0.25, 0.3) is 0 Å². The monoisotopic (exact) mass is 398 g/mol. The Labute approximate surface area is 165 Å². The van der Waals surface area contributed by atoms with Gasteiger partial charge in [0.2, 0.25) is 5.88 Å². The van der Waals surface area contributed by atoms with Gasteiger partial charge < -0.3 is 15.0 Å². The maximum atomic E-state index is 12.6. The third-order valence-electron chi connectivity index (χ3n) is 4.71. The quantitative estimate of drug-likeness (QED) is 0.791. The molecule has 0 saturated heterocycles. The molecule has 138 valence electrons. The van der Waals surface area contributed by atoms with Crippen molar-refractivity contribution >= 4 is 28.9 Å². The number of carbonyl (C=O) groups is 1. The topological polar surface area (TPSA) is 93.9 Å². The number of thioether (sulfide) groups is 1. The third-order valence-corrected chi connectivity index (χ3v) is 6.88. The number of hydrogen-bond acceptors (Lipinski definition) is 7. The van der Waals surface area contributed by atoms with Gasteiger partial charge in [0.05, 0.1) is 5.92 Å². The van der Waals surface area contributed by atoms with Gasteiger partial charge in [-0.25, -0.2) is 4.98 Å². The molecule has 0 spiro atoms. The zero-order valence-electron chi connectivity index (χ0n) is 14.8. The summed E-state index contributed by atoms with van der Waals surface area (Å²) in [6.45, 7) is 0. The largest absolute Gasteiger partial charge is 0.444 e. The molecule has 6 nitrogen and oxygen atoms in total. The Kier molecular flexibility index (Phi) is 4.81. The van der Waals surface area contributed by atoms with Crippen LogP contribution in [0.1, 0.15) is 35.6 Å². The summed E-state index contributed by atoms with van der Waals surface area (Å²) in [6, 6.07) is 4.22. The van der Waals surface area contributed by atoms with Crippen molar-refractivity contribution in [1.29, 1.82) is 5.26 Å². The van der Waals surface area contributed by atoms with Crippen LogP contribution in [-0.4, -0.2) is 15.3 Å². The number of nitrogens with two attached hydrogens (primary N) is 1. The minimum absolute atomic E-state index is 0.0545. The summed E-state index contributed by atoms with van der Waals surface area (Å²) in [5.41, 5.74) is 8.07. The fourth-order valence-electron chi connectivity index (χ4n) is 3.40. The van der Waals surface area contributed by atoms with Gasteiger partial charge in [-0.15, -0.1) is 11.3 Å². The fourth-order valence-corrected chi connectivity index (χ4v) is 5.40. The van der Waals surface area contributed by atoms with Crippen molar-refractivity contribution in [2.24, 2.45) is 12.8 Å². The maximum Gasteiger partial charge on any atom is 0.205 e. The standard InChI is InChI=1S/C19H18N4O2S2/c1-23-6-5-22-19(23)27-10-11-7-15(26-9-11)16-12(8-20)18(21)25-14-4-2-3-13(24)17(14)16/h5-7,9,16H,2-4,10,21H2,1H3. The first kappa shape index (κ1) is 17.9. The SMILES string of the molecule is Cn1ccnc1SCc1csc(C2C(C#N)=C(N)OC3=C2C(=O)CCC3)c1. The van der Waals surface area contributed by atoms with Crippen LogP contribution in [0.5, 0.6) is 0 Å². The van der Waals surface area contributed by atoms with Crippen molar-refractivity contribution in [3.8, 4) is 6.07 Å². The molecule has 0 radical (unpaired) electrons. The number of nitrogens with zero attached hydrogens (tertiary/aromatic N) is 3. The van der Waals surface area contributed by atoms with E-state index in [-0.39, 0.29) is 11.7 Å². The molecule has 2 N–H and O–H groups in total. The lowest BCUT2D eigenvalue weighted by molar-refractivity contribution is -0.116. The Hall–Kier alpha value is -2.50. The van der Waals surface area contributed by atoms with E-state index in [0.717, 1.165) is 27.8 Å². The molecule has 1 aliphatic heterocycles. The van der Waals surface area contributed by atoms with Gasteiger partial charge in [-0.3, -0.25) is 4.79 Å². The van der Waals surface area contributed by atoms with E-state index in [2.05, 4.69) is 22.5 Å². The highest BCUT2D eigenvalue weighted by atomic mass is 32.2. The molecule has 1 unspecified atom stereocenters. The molecule has 2 aromatic rings. The maximum absolute atomic E-state index is 12.6. The second-order valence-corrected chi connectivity index (χ2v) is 8.39. The van der Waals surface area contributed by atoms with Crippen LogP contribution >= 0.6 is 23.1 Å². The molecule has 0 amide bonds. The molecule has 1 aliphatic carbocycles. The molecular formula is C19H18N4O2S2. The van der Waals surface area contributed by atoms with Crippen LogP contribution in [0.15, 0.2) is 51.8 Å². The van der Waals surface area contributed by atoms with E-state index in [1.54, 1.807) is 29.3 Å². The summed E-state index contributed by atoms with van der Waals surface area (Å²) >= 11 is 3.20. The van der Waals surface area contributed by atoms with E-state index in [0.29, 0.717) is 29.7 Å². The summed E-state index contributed by atoms with van der Waals surface area (Å²) in [5, 5.41) is 12.6. The number of ether oxygens (including phenoxy) is 1. The summed E-state index contributed by atoms with van der Waals surface area (Å²) in [5.74, 6) is 1.16. The number of allylic oxidation sites excluding steroid dienone is 3. The number of carbonyl (C=O) groups excluding carboxylic acids is 1. The lowest BCUT2D eigenvalue weighted by atomic mass is 9.80. The average molecular weight is 399 g/mol. The number of aryl methyl sites for hydroxylation is 1. The Bertz CT molecular complexity index is 1010. The number of nitriles is 1. The fraction of sp³-hybridized carbons (Fsp3) is 0.316. The minimum Gasteiger partial charge on any atom is -0.444 e. The van der Waals surface area contributed by atoms with E-state index in [1.165, 1.54) is 0 Å². The second kappa shape index (κ2) is 7.25. The highest BCUT2D eigenvalue weighted by Gasteiger charge is 2.38. The van der Waals surface area contributed by atoms with Crippen molar-refractivity contribution in [3.63, 3.8) is 0 Å². The number of hydrogen-bond donors (Lipinski definition) is 1. The molecule has 8 heteroatoms. The van der Waals surface area contributed by atoms with Crippen LogP contribution in [-0.2, 0) is 22.3 Å². The molecule has 0 aromatic carbocycles. The molecule has 0 bridgehead atoms. The van der Waals surface area contributed by atoms with E-state index in [9.17, 15) is 10.1 Å². The van der Waals surface area contributed by atoms with Crippen molar-refractivity contribution in [1.82, 2.24) is 9.55 Å². The first-order valence-corrected chi connectivity index (χ1v) is 10.5. The molecule has 2 aliphatic rings. The Morgan fingerprint density at radius 1 is 1.52 bits per heavy atom. The summed E-state index contributed by atoms with van der Waals surface area (Å²) in [7, 11) is 1.96. The lowest BCUT2D eigenvalue weighted by Gasteiger charge is -2.30. The number of Topliss-reactive ketones (excluding diaryl/α,β-unsaturated/α-hetero) is 1. The van der Waals surface area contributed by atoms with Crippen LogP contribution in [0.4, 0.5) is 0 Å². The number of imidazole rings is 1. The summed E-state index contributed by atoms with van der Waals surface area (Å²) in [6.07, 6.45) is 5.63. The molecule has 27 heavy (non-hydrogen) atoms. The highest BCUT2D eigenvalue weighted by molar-refractivity contribution is 7.98. The summed E-state index contributed by atoms with van der Waals surface area (Å²) < 4.78 is 7.59. The predicted molar refractivity (Wildman–Crippen MR) is 104 cm³/mol. The third kappa shape index (κ3) is 3.29. The number of aromatic nitrogens is 2. The first-order valence-electron chi connectivity index (χ1n) is 8.59. The number of rotatable bonds is 4. The molecule has 3 heterocycles. The first-order chi connectivity index (χ1) is 13.1. The Morgan fingerprint density at radius 2 is 2.37 bits per heavy atom. The number of ketones is 1. The van der Waals surface area contributed by atoms with Crippen LogP contribution in [0.25, 0.3) is 0 Å². The second-order valence-electron chi connectivity index (χ2n) is 6.51. The van der Waals surface area contributed by atoms with Gasteiger partial charge in [0.15, 0.2) is 10.9 Å². The molecule has 4 rings (SSSR count). The van der Waals surface area contributed by atoms with Gasteiger partial charge in [-0.1, -0.05) is 11.8 Å². The zero-order chi connectivity index (χ0) is 19.0. The van der Waals surface area contributed by atoms with Gasteiger partial charge in [-0.2, -0.15) is 5.26 Å². The molecular weight excluding hydrogens is 380 g/mol. The minimum atomic E-state index is -0.413. The van der Waals surface area contributed by atoms with Crippen molar-refractivity contribution < 1.29 is 9.53 Å². The molecule has 0 fully saturated rings. The van der Waals surface area contributed by atoms with E-state index < -0.39 is 5.92 Å².